The molecule has 0 fully saturated rings. The molecule has 0 spiro atoms. The van der Waals surface area contributed by atoms with Crippen LogP contribution in [0.1, 0.15) is 36.1 Å². The average Bonchev–Trinajstić information content (AvgIpc) is 2.77. The van der Waals surface area contributed by atoms with E-state index in [1.165, 1.54) is 0 Å². The van der Waals surface area contributed by atoms with Crippen molar-refractivity contribution in [1.82, 2.24) is 0 Å². The fraction of sp³-hybridized carbons (Fsp3) is 0.333. The number of ether oxygens (including phenoxy) is 4. The number of hydrogen-bond acceptors (Lipinski definition) is 6. The molecule has 0 N–H and O–H groups in total. The number of esters is 2. The number of hydrogen-bond donors (Lipinski definition) is 0. The second-order valence-electron chi connectivity index (χ2n) is 7.90. The van der Waals surface area contributed by atoms with E-state index in [0.717, 1.165) is 52.3 Å². The molecule has 0 aliphatic heterocycles. The monoisotopic (exact) mass is 452 g/mol. The van der Waals surface area contributed by atoms with E-state index in [9.17, 15) is 9.59 Å². The van der Waals surface area contributed by atoms with Gasteiger partial charge in [-0.25, -0.2) is 9.59 Å². The molecule has 0 radical (unpaired) electrons. The lowest BCUT2D eigenvalue weighted by Crippen LogP contribution is -2.21. The molecular formula is C27H32O6. The molecule has 0 saturated heterocycles. The zero-order chi connectivity index (χ0) is 24.4. The van der Waals surface area contributed by atoms with Crippen LogP contribution in [-0.4, -0.2) is 37.4 Å². The maximum atomic E-state index is 11.3. The maximum absolute atomic E-state index is 11.3. The third-order valence-electron chi connectivity index (χ3n) is 4.80. The lowest BCUT2D eigenvalue weighted by molar-refractivity contribution is -0.144. The molecule has 2 aromatic rings. The Morgan fingerprint density at radius 2 is 1.18 bits per heavy atom. The van der Waals surface area contributed by atoms with E-state index in [0.29, 0.717) is 0 Å². The highest BCUT2D eigenvalue weighted by Gasteiger charge is 2.11. The molecule has 6 heteroatoms. The summed E-state index contributed by atoms with van der Waals surface area (Å²) in [6, 6.07) is 12.1. The summed E-state index contributed by atoms with van der Waals surface area (Å²) >= 11 is 0. The normalized spacial score (nSPS) is 12.2. The van der Waals surface area contributed by atoms with Crippen molar-refractivity contribution in [2.75, 3.05) is 13.2 Å². The fourth-order valence-electron chi connectivity index (χ4n) is 3.18. The Morgan fingerprint density at radius 1 is 0.788 bits per heavy atom. The van der Waals surface area contributed by atoms with E-state index >= 15 is 0 Å². The third-order valence-corrected chi connectivity index (χ3v) is 4.80. The molecule has 0 heterocycles. The summed E-state index contributed by atoms with van der Waals surface area (Å²) in [4.78, 5) is 22.5. The lowest BCUT2D eigenvalue weighted by atomic mass is 10.0. The van der Waals surface area contributed by atoms with Gasteiger partial charge in [0.25, 0.3) is 0 Å². The van der Waals surface area contributed by atoms with Gasteiger partial charge in [0, 0.05) is 12.2 Å². The third kappa shape index (κ3) is 8.48. The zero-order valence-electron chi connectivity index (χ0n) is 19.8. The predicted octanol–water partition coefficient (Wildman–Crippen LogP) is 4.89. The Labute approximate surface area is 195 Å². The average molecular weight is 453 g/mol. The van der Waals surface area contributed by atoms with Gasteiger partial charge in [-0.2, -0.15) is 0 Å². The number of aryl methyl sites for hydroxylation is 2. The van der Waals surface area contributed by atoms with Gasteiger partial charge in [-0.15, -0.1) is 0 Å². The van der Waals surface area contributed by atoms with Gasteiger partial charge in [0.2, 0.25) is 0 Å². The minimum atomic E-state index is -0.462. The highest BCUT2D eigenvalue weighted by atomic mass is 16.6. The van der Waals surface area contributed by atoms with Gasteiger partial charge in [0.05, 0.1) is 0 Å². The molecule has 2 aromatic carbocycles. The molecule has 2 unspecified atom stereocenters. The van der Waals surface area contributed by atoms with E-state index in [2.05, 4.69) is 25.3 Å². The number of benzene rings is 2. The van der Waals surface area contributed by atoms with Crippen LogP contribution in [0, 0.1) is 13.8 Å². The van der Waals surface area contributed by atoms with Crippen LogP contribution < -0.4 is 9.47 Å². The number of carbonyl (C=O) groups is 2. The van der Waals surface area contributed by atoms with Gasteiger partial charge >= 0.3 is 11.9 Å². The van der Waals surface area contributed by atoms with E-state index in [1.54, 1.807) is 13.8 Å². The SMILES string of the molecule is C=CC(=O)OC(C)COc1ccc(Cc2ccc(OCC(C)OC(=O)C=C)c(C)c2)cc1C. The van der Waals surface area contributed by atoms with Gasteiger partial charge in [-0.3, -0.25) is 0 Å². The van der Waals surface area contributed by atoms with Crippen LogP contribution in [0.3, 0.4) is 0 Å². The summed E-state index contributed by atoms with van der Waals surface area (Å²) in [6.45, 7) is 14.8. The molecule has 0 aliphatic rings. The number of carbonyl (C=O) groups excluding carboxylic acids is 2. The van der Waals surface area contributed by atoms with Crippen LogP contribution in [-0.2, 0) is 25.5 Å². The van der Waals surface area contributed by atoms with Crippen molar-refractivity contribution in [1.29, 1.82) is 0 Å². The largest absolute Gasteiger partial charge is 0.489 e. The highest BCUT2D eigenvalue weighted by Crippen LogP contribution is 2.24. The Bertz CT molecular complexity index is 915. The summed E-state index contributed by atoms with van der Waals surface area (Å²) < 4.78 is 21.8. The Morgan fingerprint density at radius 3 is 1.52 bits per heavy atom. The molecular weight excluding hydrogens is 420 g/mol. The van der Waals surface area contributed by atoms with Crippen LogP contribution in [0.25, 0.3) is 0 Å². The fourth-order valence-corrected chi connectivity index (χ4v) is 3.18. The smallest absolute Gasteiger partial charge is 0.330 e. The van der Waals surface area contributed by atoms with Gasteiger partial charge in [-0.05, 0) is 68.5 Å². The Balaban J connectivity index is 1.93. The summed E-state index contributed by atoms with van der Waals surface area (Å²) in [7, 11) is 0. The molecule has 0 amide bonds. The van der Waals surface area contributed by atoms with E-state index < -0.39 is 11.9 Å². The minimum Gasteiger partial charge on any atom is -0.489 e. The lowest BCUT2D eigenvalue weighted by Gasteiger charge is -2.16. The zero-order valence-corrected chi connectivity index (χ0v) is 19.8. The van der Waals surface area contributed by atoms with Crippen LogP contribution >= 0.6 is 0 Å². The van der Waals surface area contributed by atoms with Crippen molar-refractivity contribution in [3.63, 3.8) is 0 Å². The Kier molecular flexibility index (Phi) is 9.73. The van der Waals surface area contributed by atoms with Crippen molar-refractivity contribution in [2.45, 2.75) is 46.3 Å². The standard InChI is InChI=1S/C27H32O6/c1-7-26(28)32-20(5)16-30-24-11-9-22(13-18(24)3)15-23-10-12-25(19(4)14-23)31-17-21(6)33-27(29)8-2/h7-14,20-21H,1-2,15-17H2,3-6H3. The van der Waals surface area contributed by atoms with Crippen LogP contribution in [0.4, 0.5) is 0 Å². The summed E-state index contributed by atoms with van der Waals surface area (Å²) in [5.74, 6) is 0.587. The van der Waals surface area contributed by atoms with Crippen LogP contribution in [0.5, 0.6) is 11.5 Å². The molecule has 0 bridgehead atoms. The van der Waals surface area contributed by atoms with Gasteiger partial charge in [0.1, 0.15) is 36.9 Å². The van der Waals surface area contributed by atoms with E-state index in [1.807, 2.05) is 38.1 Å². The van der Waals surface area contributed by atoms with E-state index in [4.69, 9.17) is 18.9 Å². The van der Waals surface area contributed by atoms with Crippen LogP contribution in [0.2, 0.25) is 0 Å². The molecule has 2 rings (SSSR count). The van der Waals surface area contributed by atoms with Crippen molar-refractivity contribution < 1.29 is 28.5 Å². The van der Waals surface area contributed by atoms with Crippen molar-refractivity contribution in [2.24, 2.45) is 0 Å². The minimum absolute atomic E-state index is 0.270. The second-order valence-corrected chi connectivity index (χ2v) is 7.90. The molecule has 0 aliphatic carbocycles. The number of rotatable bonds is 12. The highest BCUT2D eigenvalue weighted by molar-refractivity contribution is 5.81. The molecule has 6 nitrogen and oxygen atoms in total. The van der Waals surface area contributed by atoms with Gasteiger partial charge < -0.3 is 18.9 Å². The first-order chi connectivity index (χ1) is 15.7. The van der Waals surface area contributed by atoms with Gasteiger partial charge in [-0.1, -0.05) is 37.4 Å². The summed E-state index contributed by atoms with van der Waals surface area (Å²) in [5, 5.41) is 0. The first kappa shape index (κ1) is 25.7. The summed E-state index contributed by atoms with van der Waals surface area (Å²) in [5.41, 5.74) is 4.33. The van der Waals surface area contributed by atoms with Crippen molar-refractivity contribution in [3.05, 3.63) is 84.0 Å². The maximum Gasteiger partial charge on any atom is 0.330 e. The first-order valence-electron chi connectivity index (χ1n) is 10.8. The molecule has 2 atom stereocenters. The topological polar surface area (TPSA) is 71.1 Å². The van der Waals surface area contributed by atoms with Gasteiger partial charge in [0.15, 0.2) is 0 Å². The predicted molar refractivity (Wildman–Crippen MR) is 128 cm³/mol. The first-order valence-corrected chi connectivity index (χ1v) is 10.8. The van der Waals surface area contributed by atoms with Crippen molar-refractivity contribution >= 4 is 11.9 Å². The Hall–Kier alpha value is -3.54. The molecule has 176 valence electrons. The second kappa shape index (κ2) is 12.5. The van der Waals surface area contributed by atoms with Crippen LogP contribution in [0.15, 0.2) is 61.7 Å². The molecule has 0 aromatic heterocycles. The quantitative estimate of drug-likeness (QED) is 0.337. The summed E-state index contributed by atoms with van der Waals surface area (Å²) in [6.07, 6.45) is 2.31. The molecule has 33 heavy (non-hydrogen) atoms. The van der Waals surface area contributed by atoms with E-state index in [-0.39, 0.29) is 25.4 Å². The molecule has 0 saturated carbocycles. The van der Waals surface area contributed by atoms with Crippen molar-refractivity contribution in [3.8, 4) is 11.5 Å².